The summed E-state index contributed by atoms with van der Waals surface area (Å²) in [4.78, 5) is 8.28. The van der Waals surface area contributed by atoms with Crippen LogP contribution in [-0.2, 0) is 4.84 Å². The van der Waals surface area contributed by atoms with Crippen LogP contribution in [0.4, 0.5) is 0 Å². The molecule has 0 aromatic heterocycles. The first-order chi connectivity index (χ1) is 2.89. The second-order valence-corrected chi connectivity index (χ2v) is 1.06. The molecule has 1 aliphatic heterocycles. The number of nitrogens with zero attached hydrogens (tertiary/aromatic N) is 1. The van der Waals surface area contributed by atoms with E-state index in [4.69, 9.17) is 0 Å². The van der Waals surface area contributed by atoms with Crippen molar-refractivity contribution in [1.29, 1.82) is 0 Å². The van der Waals surface area contributed by atoms with Gasteiger partial charge in [-0.1, -0.05) is 0 Å². The lowest BCUT2D eigenvalue weighted by atomic mass is 10.7. The highest BCUT2D eigenvalue weighted by molar-refractivity contribution is 5.53. The number of hydroxylamine groups is 1. The summed E-state index contributed by atoms with van der Waals surface area (Å²) in [5.41, 5.74) is 2.36. The van der Waals surface area contributed by atoms with Crippen LogP contribution in [0.5, 0.6) is 0 Å². The predicted molar refractivity (Wildman–Crippen MR) is 21.1 cm³/mol. The normalized spacial score (nSPS) is 30.5. The maximum absolute atomic E-state index is 4.62. The van der Waals surface area contributed by atoms with Crippen LogP contribution in [0.15, 0.2) is 4.99 Å². The molecule has 0 amide bonds. The largest absolute Gasteiger partial charge is 0.248 e. The third-order valence-corrected chi connectivity index (χ3v) is 0.521. The zero-order valence-corrected chi connectivity index (χ0v) is 3.43. The molecule has 0 saturated heterocycles. The van der Waals surface area contributed by atoms with Gasteiger partial charge in [0, 0.05) is 0 Å². The minimum Gasteiger partial charge on any atom is -0.248 e. The zero-order valence-electron chi connectivity index (χ0n) is 3.43. The summed E-state index contributed by atoms with van der Waals surface area (Å²) in [5.74, 6) is 0. The van der Waals surface area contributed by atoms with Gasteiger partial charge in [-0.3, -0.25) is 0 Å². The fourth-order valence-electron chi connectivity index (χ4n) is 0.255. The maximum atomic E-state index is 4.62. The average molecular weight is 85.1 g/mol. The second-order valence-electron chi connectivity index (χ2n) is 1.06. The molecule has 0 spiro atoms. The molecule has 1 radical (unpaired) electrons. The first-order valence-electron chi connectivity index (χ1n) is 1.75. The lowest BCUT2D eigenvalue weighted by molar-refractivity contribution is 0.0516. The molecule has 33 valence electrons. The molecule has 3 nitrogen and oxygen atoms in total. The fourth-order valence-corrected chi connectivity index (χ4v) is 0.255. The van der Waals surface area contributed by atoms with E-state index < -0.39 is 0 Å². The summed E-state index contributed by atoms with van der Waals surface area (Å²) < 4.78 is 0. The first kappa shape index (κ1) is 3.61. The average Bonchev–Trinajstić information content (AvgIpc) is 1.86. The Balaban J connectivity index is 2.38. The van der Waals surface area contributed by atoms with Gasteiger partial charge in [0.05, 0.1) is 0 Å². The van der Waals surface area contributed by atoms with E-state index in [1.165, 1.54) is 0 Å². The highest BCUT2D eigenvalue weighted by Crippen LogP contribution is 1.90. The van der Waals surface area contributed by atoms with Crippen LogP contribution in [0.2, 0.25) is 0 Å². The number of hydrogen-bond donors (Lipinski definition) is 1. The first-order valence-corrected chi connectivity index (χ1v) is 1.75. The molecule has 1 aliphatic rings. The van der Waals surface area contributed by atoms with Gasteiger partial charge in [-0.05, 0) is 6.92 Å². The van der Waals surface area contributed by atoms with Crippen molar-refractivity contribution >= 4 is 6.34 Å². The number of aliphatic imine (C=N–C) groups is 1. The Morgan fingerprint density at radius 2 is 2.83 bits per heavy atom. The molecular formula is C3H5N2O. The van der Waals surface area contributed by atoms with E-state index in [9.17, 15) is 0 Å². The van der Waals surface area contributed by atoms with Crippen molar-refractivity contribution in [3.63, 3.8) is 0 Å². The lowest BCUT2D eigenvalue weighted by Gasteiger charge is -1.91. The summed E-state index contributed by atoms with van der Waals surface area (Å²) in [6, 6.07) is 0. The van der Waals surface area contributed by atoms with Crippen molar-refractivity contribution in [3.05, 3.63) is 0 Å². The van der Waals surface area contributed by atoms with Crippen LogP contribution in [0, 0.1) is 0 Å². The van der Waals surface area contributed by atoms with Gasteiger partial charge in [0.1, 0.15) is 0 Å². The van der Waals surface area contributed by atoms with E-state index in [0.29, 0.717) is 0 Å². The number of nitrogens with one attached hydrogen (secondary N) is 1. The van der Waals surface area contributed by atoms with Crippen molar-refractivity contribution in [2.24, 2.45) is 4.99 Å². The minimum atomic E-state index is -0.0509. The van der Waals surface area contributed by atoms with E-state index in [-0.39, 0.29) is 6.23 Å². The van der Waals surface area contributed by atoms with Crippen LogP contribution in [0.1, 0.15) is 6.92 Å². The van der Waals surface area contributed by atoms with E-state index in [2.05, 4.69) is 21.6 Å². The van der Waals surface area contributed by atoms with Gasteiger partial charge in [-0.25, -0.2) is 15.3 Å². The van der Waals surface area contributed by atoms with Crippen LogP contribution in [0.3, 0.4) is 0 Å². The minimum absolute atomic E-state index is 0.0509. The molecule has 1 unspecified atom stereocenters. The predicted octanol–water partition coefficient (Wildman–Crippen LogP) is -0.227. The summed E-state index contributed by atoms with van der Waals surface area (Å²) in [6.45, 7) is 1.83. The Labute approximate surface area is 36.0 Å². The van der Waals surface area contributed by atoms with Gasteiger partial charge < -0.3 is 0 Å². The summed E-state index contributed by atoms with van der Waals surface area (Å²) in [7, 11) is 0. The Morgan fingerprint density at radius 3 is 3.00 bits per heavy atom. The van der Waals surface area contributed by atoms with Crippen LogP contribution >= 0.6 is 0 Å². The summed E-state index contributed by atoms with van der Waals surface area (Å²) in [5, 5.41) is 0. The van der Waals surface area contributed by atoms with Crippen molar-refractivity contribution in [2.45, 2.75) is 13.2 Å². The molecule has 1 N–H and O–H groups in total. The highest BCUT2D eigenvalue weighted by atomic mass is 16.7. The highest BCUT2D eigenvalue weighted by Gasteiger charge is 2.00. The van der Waals surface area contributed by atoms with Crippen LogP contribution in [-0.4, -0.2) is 12.6 Å². The third kappa shape index (κ3) is 0.490. The molecule has 6 heavy (non-hydrogen) atoms. The van der Waals surface area contributed by atoms with Gasteiger partial charge in [0.15, 0.2) is 12.6 Å². The molecule has 1 rings (SSSR count). The molecule has 1 heterocycles. The van der Waals surface area contributed by atoms with Crippen LogP contribution < -0.4 is 5.48 Å². The Kier molecular flexibility index (Phi) is 0.759. The lowest BCUT2D eigenvalue weighted by Crippen LogP contribution is -2.07. The third-order valence-electron chi connectivity index (χ3n) is 0.521. The fraction of sp³-hybridized carbons (Fsp3) is 0.667. The van der Waals surface area contributed by atoms with Gasteiger partial charge in [0.2, 0.25) is 0 Å². The zero-order chi connectivity index (χ0) is 4.41. The standard InChI is InChI=1S/C3H5N2O/c1-3-4-2-5-6-3/h3H,1H3,(H,4,5). The molecule has 0 aliphatic carbocycles. The molecule has 0 aromatic rings. The van der Waals surface area contributed by atoms with E-state index in [1.54, 1.807) is 0 Å². The van der Waals surface area contributed by atoms with Gasteiger partial charge in [-0.15, -0.1) is 0 Å². The van der Waals surface area contributed by atoms with E-state index >= 15 is 0 Å². The van der Waals surface area contributed by atoms with Crippen molar-refractivity contribution in [3.8, 4) is 0 Å². The molecule has 3 heteroatoms. The van der Waals surface area contributed by atoms with Crippen molar-refractivity contribution in [2.75, 3.05) is 0 Å². The molecular weight excluding hydrogens is 80.0 g/mol. The quantitative estimate of drug-likeness (QED) is 0.441. The second kappa shape index (κ2) is 1.26. The molecule has 0 saturated carbocycles. The number of hydrogen-bond acceptors (Lipinski definition) is 3. The Bertz CT molecular complexity index is 71.2. The Hall–Kier alpha value is -0.570. The SMILES string of the molecule is CC1N=[C]NO1. The number of rotatable bonds is 0. The topological polar surface area (TPSA) is 33.6 Å². The van der Waals surface area contributed by atoms with E-state index in [0.717, 1.165) is 0 Å². The smallest absolute Gasteiger partial charge is 0.193 e. The molecule has 1 atom stereocenters. The van der Waals surface area contributed by atoms with Crippen LogP contribution in [0.25, 0.3) is 0 Å². The molecule has 0 fully saturated rings. The van der Waals surface area contributed by atoms with Gasteiger partial charge in [-0.2, -0.15) is 0 Å². The Morgan fingerprint density at radius 1 is 2.00 bits per heavy atom. The summed E-state index contributed by atoms with van der Waals surface area (Å²) in [6.07, 6.45) is 2.37. The van der Waals surface area contributed by atoms with Crippen molar-refractivity contribution < 1.29 is 4.84 Å². The van der Waals surface area contributed by atoms with Crippen molar-refractivity contribution in [1.82, 2.24) is 5.48 Å². The molecule has 0 aromatic carbocycles. The molecule has 0 bridgehead atoms. The van der Waals surface area contributed by atoms with Gasteiger partial charge in [0.25, 0.3) is 0 Å². The maximum Gasteiger partial charge on any atom is 0.193 e. The van der Waals surface area contributed by atoms with Gasteiger partial charge >= 0.3 is 0 Å². The monoisotopic (exact) mass is 85.0 g/mol. The van der Waals surface area contributed by atoms with E-state index in [1.807, 2.05) is 6.92 Å². The summed E-state index contributed by atoms with van der Waals surface area (Å²) >= 11 is 0.